The maximum atomic E-state index is 11.6. The largest absolute Gasteiger partial charge is 0.352 e. The van der Waals surface area contributed by atoms with Crippen molar-refractivity contribution in [3.05, 3.63) is 0 Å². The molecule has 2 atom stereocenters. The molecule has 1 aliphatic heterocycles. The summed E-state index contributed by atoms with van der Waals surface area (Å²) in [5.74, 6) is 0.110. The second kappa shape index (κ2) is 9.01. The number of nitrogens with two attached hydrogens (primary N) is 1. The fraction of sp³-hybridized carbons (Fsp3) is 0.923. The summed E-state index contributed by atoms with van der Waals surface area (Å²) in [6.45, 7) is 4.06. The van der Waals surface area contributed by atoms with Crippen LogP contribution in [-0.4, -0.2) is 42.0 Å². The molecule has 1 amide bonds. The van der Waals surface area contributed by atoms with Crippen LogP contribution in [0.15, 0.2) is 0 Å². The normalized spacial score (nSPS) is 25.5. The van der Waals surface area contributed by atoms with Gasteiger partial charge in [-0.3, -0.25) is 9.69 Å². The van der Waals surface area contributed by atoms with E-state index >= 15 is 0 Å². The predicted molar refractivity (Wildman–Crippen MR) is 83.1 cm³/mol. The zero-order valence-corrected chi connectivity index (χ0v) is 13.3. The van der Waals surface area contributed by atoms with Gasteiger partial charge in [0.1, 0.15) is 0 Å². The van der Waals surface area contributed by atoms with Crippen LogP contribution in [0.5, 0.6) is 0 Å². The van der Waals surface area contributed by atoms with E-state index in [1.54, 1.807) is 0 Å². The molecule has 3 N–H and O–H groups in total. The first-order chi connectivity index (χ1) is 8.15. The van der Waals surface area contributed by atoms with Crippen LogP contribution in [0.2, 0.25) is 0 Å². The summed E-state index contributed by atoms with van der Waals surface area (Å²) >= 11 is 0. The second-order valence-electron chi connectivity index (χ2n) is 5.67. The summed E-state index contributed by atoms with van der Waals surface area (Å²) in [4.78, 5) is 14.2. The van der Waals surface area contributed by atoms with Crippen LogP contribution >= 0.6 is 24.8 Å². The van der Waals surface area contributed by atoms with Crippen molar-refractivity contribution in [2.24, 2.45) is 5.73 Å². The minimum absolute atomic E-state index is 0. The summed E-state index contributed by atoms with van der Waals surface area (Å²) in [5.41, 5.74) is 5.62. The Labute approximate surface area is 128 Å². The highest BCUT2D eigenvalue weighted by Crippen LogP contribution is 2.26. The third-order valence-corrected chi connectivity index (χ3v) is 3.93. The van der Waals surface area contributed by atoms with Gasteiger partial charge in [-0.2, -0.15) is 0 Å². The van der Waals surface area contributed by atoms with Crippen molar-refractivity contribution in [2.75, 3.05) is 13.1 Å². The van der Waals surface area contributed by atoms with Crippen molar-refractivity contribution >= 4 is 30.7 Å². The van der Waals surface area contributed by atoms with E-state index in [9.17, 15) is 4.79 Å². The molecule has 0 aromatic carbocycles. The maximum Gasteiger partial charge on any atom is 0.221 e. The van der Waals surface area contributed by atoms with Crippen molar-refractivity contribution in [3.8, 4) is 0 Å². The Bertz CT molecular complexity index is 271. The van der Waals surface area contributed by atoms with Crippen molar-refractivity contribution in [2.45, 2.75) is 63.6 Å². The first kappa shape index (κ1) is 19.0. The lowest BCUT2D eigenvalue weighted by atomic mass is 10.2. The zero-order chi connectivity index (χ0) is 12.3. The van der Waals surface area contributed by atoms with Gasteiger partial charge in [0.2, 0.25) is 5.91 Å². The Morgan fingerprint density at radius 3 is 2.53 bits per heavy atom. The zero-order valence-electron chi connectivity index (χ0n) is 11.6. The molecule has 2 aliphatic rings. The first-order valence-electron chi connectivity index (χ1n) is 6.94. The van der Waals surface area contributed by atoms with E-state index in [4.69, 9.17) is 5.73 Å². The lowest BCUT2D eigenvalue weighted by Gasteiger charge is -2.23. The Morgan fingerprint density at radius 1 is 1.32 bits per heavy atom. The number of rotatable bonds is 4. The molecule has 0 bridgehead atoms. The maximum absolute atomic E-state index is 11.6. The van der Waals surface area contributed by atoms with Crippen LogP contribution in [0, 0.1) is 0 Å². The SMILES string of the molecule is CC(N)CC(=O)NC1CCN(C2CCCC2)C1.Cl.Cl. The lowest BCUT2D eigenvalue weighted by molar-refractivity contribution is -0.121. The van der Waals surface area contributed by atoms with Gasteiger partial charge < -0.3 is 11.1 Å². The van der Waals surface area contributed by atoms with Crippen LogP contribution in [0.1, 0.15) is 45.4 Å². The van der Waals surface area contributed by atoms with Crippen molar-refractivity contribution in [1.29, 1.82) is 0 Å². The Hall–Kier alpha value is -0.0300. The number of amides is 1. The molecule has 6 heteroatoms. The minimum Gasteiger partial charge on any atom is -0.352 e. The molecule has 1 heterocycles. The van der Waals surface area contributed by atoms with E-state index in [1.165, 1.54) is 25.7 Å². The van der Waals surface area contributed by atoms with Crippen LogP contribution in [0.3, 0.4) is 0 Å². The Balaban J connectivity index is 0.00000162. The molecular weight excluding hydrogens is 285 g/mol. The molecule has 0 aromatic rings. The average Bonchev–Trinajstić information content (AvgIpc) is 2.84. The third kappa shape index (κ3) is 5.86. The van der Waals surface area contributed by atoms with E-state index in [0.717, 1.165) is 25.6 Å². The molecule has 2 fully saturated rings. The minimum atomic E-state index is -0.0395. The molecule has 19 heavy (non-hydrogen) atoms. The Morgan fingerprint density at radius 2 is 1.95 bits per heavy atom. The van der Waals surface area contributed by atoms with E-state index in [0.29, 0.717) is 12.5 Å². The fourth-order valence-corrected chi connectivity index (χ4v) is 3.09. The first-order valence-corrected chi connectivity index (χ1v) is 6.94. The number of likely N-dealkylation sites (tertiary alicyclic amines) is 1. The van der Waals surface area contributed by atoms with Gasteiger partial charge in [-0.05, 0) is 26.2 Å². The summed E-state index contributed by atoms with van der Waals surface area (Å²) in [6.07, 6.45) is 6.99. The van der Waals surface area contributed by atoms with Crippen LogP contribution in [0.4, 0.5) is 0 Å². The molecule has 114 valence electrons. The molecule has 0 aromatic heterocycles. The molecular formula is C13H27Cl2N3O. The number of nitrogens with zero attached hydrogens (tertiary/aromatic N) is 1. The van der Waals surface area contributed by atoms with Gasteiger partial charge >= 0.3 is 0 Å². The predicted octanol–water partition coefficient (Wildman–Crippen LogP) is 1.70. The third-order valence-electron chi connectivity index (χ3n) is 3.93. The van der Waals surface area contributed by atoms with Crippen LogP contribution < -0.4 is 11.1 Å². The number of hydrogen-bond acceptors (Lipinski definition) is 3. The molecule has 0 spiro atoms. The number of carbonyl (C=O) groups excluding carboxylic acids is 1. The van der Waals surface area contributed by atoms with Crippen LogP contribution in [0.25, 0.3) is 0 Å². The van der Waals surface area contributed by atoms with E-state index < -0.39 is 0 Å². The highest BCUT2D eigenvalue weighted by Gasteiger charge is 2.30. The average molecular weight is 312 g/mol. The summed E-state index contributed by atoms with van der Waals surface area (Å²) in [6, 6.07) is 1.09. The summed E-state index contributed by atoms with van der Waals surface area (Å²) in [5, 5.41) is 3.10. The number of nitrogens with one attached hydrogen (secondary N) is 1. The molecule has 2 rings (SSSR count). The molecule has 4 nitrogen and oxygen atoms in total. The van der Waals surface area contributed by atoms with Gasteiger partial charge in [0.15, 0.2) is 0 Å². The summed E-state index contributed by atoms with van der Waals surface area (Å²) in [7, 11) is 0. The number of carbonyl (C=O) groups is 1. The van der Waals surface area contributed by atoms with Gasteiger partial charge in [0, 0.05) is 37.6 Å². The van der Waals surface area contributed by atoms with Gasteiger partial charge in [0.25, 0.3) is 0 Å². The van der Waals surface area contributed by atoms with Crippen molar-refractivity contribution in [1.82, 2.24) is 10.2 Å². The molecule has 0 radical (unpaired) electrons. The fourth-order valence-electron chi connectivity index (χ4n) is 3.09. The molecule has 1 saturated heterocycles. The quantitative estimate of drug-likeness (QED) is 0.831. The molecule has 2 unspecified atom stereocenters. The van der Waals surface area contributed by atoms with E-state index in [1.807, 2.05) is 6.92 Å². The standard InChI is InChI=1S/C13H25N3O.2ClH/c1-10(14)8-13(17)15-11-6-7-16(9-11)12-4-2-3-5-12;;/h10-12H,2-9,14H2,1H3,(H,15,17);2*1H. The van der Waals surface area contributed by atoms with Gasteiger partial charge in [0.05, 0.1) is 0 Å². The molecule has 1 aliphatic carbocycles. The monoisotopic (exact) mass is 311 g/mol. The Kier molecular flexibility index (Phi) is 8.99. The van der Waals surface area contributed by atoms with Gasteiger partial charge in [-0.1, -0.05) is 12.8 Å². The number of halogens is 2. The molecule has 1 saturated carbocycles. The smallest absolute Gasteiger partial charge is 0.221 e. The van der Waals surface area contributed by atoms with E-state index in [-0.39, 0.29) is 36.8 Å². The number of hydrogen-bond donors (Lipinski definition) is 2. The second-order valence-corrected chi connectivity index (χ2v) is 5.67. The van der Waals surface area contributed by atoms with Crippen LogP contribution in [-0.2, 0) is 4.79 Å². The highest BCUT2D eigenvalue weighted by atomic mass is 35.5. The van der Waals surface area contributed by atoms with Gasteiger partial charge in [-0.15, -0.1) is 24.8 Å². The summed E-state index contributed by atoms with van der Waals surface area (Å²) < 4.78 is 0. The highest BCUT2D eigenvalue weighted by molar-refractivity contribution is 5.85. The van der Waals surface area contributed by atoms with Crippen molar-refractivity contribution in [3.63, 3.8) is 0 Å². The van der Waals surface area contributed by atoms with Gasteiger partial charge in [-0.25, -0.2) is 0 Å². The lowest BCUT2D eigenvalue weighted by Crippen LogP contribution is -2.40. The topological polar surface area (TPSA) is 58.4 Å². The van der Waals surface area contributed by atoms with E-state index in [2.05, 4.69) is 10.2 Å². The van der Waals surface area contributed by atoms with Crippen molar-refractivity contribution < 1.29 is 4.79 Å².